The van der Waals surface area contributed by atoms with Crippen molar-refractivity contribution in [3.8, 4) is 0 Å². The molecule has 1 N–H and O–H groups in total. The predicted molar refractivity (Wildman–Crippen MR) is 85.7 cm³/mol. The summed E-state index contributed by atoms with van der Waals surface area (Å²) in [5.74, 6) is 0.489. The van der Waals surface area contributed by atoms with Gasteiger partial charge in [0, 0.05) is 20.2 Å². The van der Waals surface area contributed by atoms with Crippen molar-refractivity contribution in [3.63, 3.8) is 0 Å². The van der Waals surface area contributed by atoms with Crippen molar-refractivity contribution in [3.05, 3.63) is 41.2 Å². The molecule has 0 heterocycles. The third-order valence-corrected chi connectivity index (χ3v) is 4.16. The van der Waals surface area contributed by atoms with Crippen molar-refractivity contribution >= 4 is 6.08 Å². The number of methoxy groups -OCH3 is 1. The molecule has 2 nitrogen and oxygen atoms in total. The van der Waals surface area contributed by atoms with E-state index in [0.717, 1.165) is 25.3 Å². The van der Waals surface area contributed by atoms with Crippen LogP contribution in [0.3, 0.4) is 0 Å². The van der Waals surface area contributed by atoms with Crippen molar-refractivity contribution in [2.24, 2.45) is 5.92 Å². The first-order valence-corrected chi connectivity index (χ1v) is 7.95. The van der Waals surface area contributed by atoms with Crippen LogP contribution in [-0.4, -0.2) is 26.8 Å². The SMILES string of the molecule is COCCNC/C(=C/c1ccc(F)cc1)C1CCCCC1. The fourth-order valence-electron chi connectivity index (χ4n) is 2.97. The fraction of sp³-hybridized carbons (Fsp3) is 0.556. The zero-order valence-corrected chi connectivity index (χ0v) is 12.9. The van der Waals surface area contributed by atoms with Crippen LogP contribution in [0.4, 0.5) is 4.39 Å². The van der Waals surface area contributed by atoms with Gasteiger partial charge in [0.1, 0.15) is 5.82 Å². The van der Waals surface area contributed by atoms with Gasteiger partial charge in [0.2, 0.25) is 0 Å². The molecule has 1 aromatic rings. The van der Waals surface area contributed by atoms with Gasteiger partial charge in [-0.1, -0.05) is 43.0 Å². The Morgan fingerprint density at radius 2 is 1.95 bits per heavy atom. The second-order valence-electron chi connectivity index (χ2n) is 5.78. The molecule has 1 aliphatic rings. The summed E-state index contributed by atoms with van der Waals surface area (Å²) < 4.78 is 18.1. The van der Waals surface area contributed by atoms with Gasteiger partial charge >= 0.3 is 0 Å². The third-order valence-electron chi connectivity index (χ3n) is 4.16. The Labute approximate surface area is 127 Å². The summed E-state index contributed by atoms with van der Waals surface area (Å²) in [4.78, 5) is 0. The van der Waals surface area contributed by atoms with Gasteiger partial charge in [-0.25, -0.2) is 4.39 Å². The first kappa shape index (κ1) is 16.2. The van der Waals surface area contributed by atoms with Gasteiger partial charge in [-0.3, -0.25) is 0 Å². The lowest BCUT2D eigenvalue weighted by Gasteiger charge is -2.25. The molecule has 0 aromatic heterocycles. The summed E-state index contributed by atoms with van der Waals surface area (Å²) in [6.45, 7) is 2.49. The summed E-state index contributed by atoms with van der Waals surface area (Å²) in [5.41, 5.74) is 2.53. The Bertz CT molecular complexity index is 435. The van der Waals surface area contributed by atoms with E-state index in [1.54, 1.807) is 7.11 Å². The number of hydrogen-bond acceptors (Lipinski definition) is 2. The smallest absolute Gasteiger partial charge is 0.123 e. The van der Waals surface area contributed by atoms with E-state index < -0.39 is 0 Å². The Morgan fingerprint density at radius 1 is 1.24 bits per heavy atom. The number of benzene rings is 1. The minimum Gasteiger partial charge on any atom is -0.383 e. The van der Waals surface area contributed by atoms with Crippen LogP contribution in [0, 0.1) is 11.7 Å². The predicted octanol–water partition coefficient (Wildman–Crippen LogP) is 4.03. The highest BCUT2D eigenvalue weighted by Crippen LogP contribution is 2.30. The summed E-state index contributed by atoms with van der Waals surface area (Å²) >= 11 is 0. The lowest BCUT2D eigenvalue weighted by Crippen LogP contribution is -2.25. The van der Waals surface area contributed by atoms with Crippen molar-refractivity contribution < 1.29 is 9.13 Å². The zero-order valence-electron chi connectivity index (χ0n) is 12.9. The van der Waals surface area contributed by atoms with Gasteiger partial charge < -0.3 is 10.1 Å². The van der Waals surface area contributed by atoms with Crippen molar-refractivity contribution in [1.29, 1.82) is 0 Å². The van der Waals surface area contributed by atoms with E-state index in [0.29, 0.717) is 5.92 Å². The van der Waals surface area contributed by atoms with Crippen molar-refractivity contribution in [2.75, 3.05) is 26.8 Å². The topological polar surface area (TPSA) is 21.3 Å². The van der Waals surface area contributed by atoms with Crippen LogP contribution in [-0.2, 0) is 4.74 Å². The lowest BCUT2D eigenvalue weighted by molar-refractivity contribution is 0.200. The first-order valence-electron chi connectivity index (χ1n) is 7.95. The Hall–Kier alpha value is -1.19. The van der Waals surface area contributed by atoms with Crippen molar-refractivity contribution in [2.45, 2.75) is 32.1 Å². The maximum atomic E-state index is 13.0. The lowest BCUT2D eigenvalue weighted by atomic mass is 9.83. The molecular formula is C18H26FNO. The molecule has 0 saturated heterocycles. The molecular weight excluding hydrogens is 265 g/mol. The summed E-state index contributed by atoms with van der Waals surface area (Å²) in [6.07, 6.45) is 8.79. The van der Waals surface area contributed by atoms with Crippen LogP contribution in [0.15, 0.2) is 29.8 Å². The number of ether oxygens (including phenoxy) is 1. The van der Waals surface area contributed by atoms with Gasteiger partial charge in [0.25, 0.3) is 0 Å². The van der Waals surface area contributed by atoms with Crippen LogP contribution in [0.2, 0.25) is 0 Å². The van der Waals surface area contributed by atoms with E-state index >= 15 is 0 Å². The standard InChI is InChI=1S/C18H26FNO/c1-21-12-11-20-14-17(16-5-3-2-4-6-16)13-15-7-9-18(19)10-8-15/h7-10,13,16,20H,2-6,11-12,14H2,1H3/b17-13-. The molecule has 1 saturated carbocycles. The van der Waals surface area contributed by atoms with Crippen molar-refractivity contribution in [1.82, 2.24) is 5.32 Å². The number of halogens is 1. The average Bonchev–Trinajstić information content (AvgIpc) is 2.53. The third kappa shape index (κ3) is 5.60. The van der Waals surface area contributed by atoms with E-state index in [1.165, 1.54) is 49.8 Å². The molecule has 1 aromatic carbocycles. The second-order valence-corrected chi connectivity index (χ2v) is 5.78. The molecule has 0 atom stereocenters. The molecule has 0 spiro atoms. The molecule has 116 valence electrons. The molecule has 0 radical (unpaired) electrons. The van der Waals surface area contributed by atoms with Gasteiger partial charge in [0.15, 0.2) is 0 Å². The Kier molecular flexibility index (Phi) is 6.90. The Balaban J connectivity index is 2.04. The van der Waals surface area contributed by atoms with E-state index in [2.05, 4.69) is 11.4 Å². The fourth-order valence-corrected chi connectivity index (χ4v) is 2.97. The molecule has 0 aliphatic heterocycles. The summed E-state index contributed by atoms with van der Waals surface area (Å²) in [7, 11) is 1.72. The highest BCUT2D eigenvalue weighted by molar-refractivity contribution is 5.53. The molecule has 21 heavy (non-hydrogen) atoms. The van der Waals surface area contributed by atoms with E-state index in [4.69, 9.17) is 4.74 Å². The molecule has 0 amide bonds. The van der Waals surface area contributed by atoms with E-state index in [1.807, 2.05) is 12.1 Å². The number of hydrogen-bond donors (Lipinski definition) is 1. The van der Waals surface area contributed by atoms with Crippen LogP contribution < -0.4 is 5.32 Å². The maximum Gasteiger partial charge on any atom is 0.123 e. The zero-order chi connectivity index (χ0) is 14.9. The summed E-state index contributed by atoms with van der Waals surface area (Å²) in [5, 5.41) is 3.45. The van der Waals surface area contributed by atoms with Crippen LogP contribution in [0.1, 0.15) is 37.7 Å². The largest absolute Gasteiger partial charge is 0.383 e. The Morgan fingerprint density at radius 3 is 2.62 bits per heavy atom. The van der Waals surface area contributed by atoms with Gasteiger partial charge in [-0.05, 0) is 36.5 Å². The molecule has 1 fully saturated rings. The van der Waals surface area contributed by atoms with Crippen LogP contribution in [0.25, 0.3) is 6.08 Å². The average molecular weight is 291 g/mol. The van der Waals surface area contributed by atoms with E-state index in [-0.39, 0.29) is 5.82 Å². The number of rotatable bonds is 7. The van der Waals surface area contributed by atoms with Crippen LogP contribution in [0.5, 0.6) is 0 Å². The summed E-state index contributed by atoms with van der Waals surface area (Å²) in [6, 6.07) is 6.77. The van der Waals surface area contributed by atoms with Gasteiger partial charge in [-0.15, -0.1) is 0 Å². The monoisotopic (exact) mass is 291 g/mol. The quantitative estimate of drug-likeness (QED) is 0.766. The van der Waals surface area contributed by atoms with E-state index in [9.17, 15) is 4.39 Å². The minimum atomic E-state index is -0.176. The number of nitrogens with one attached hydrogen (secondary N) is 1. The first-order chi connectivity index (χ1) is 10.3. The molecule has 1 aliphatic carbocycles. The van der Waals surface area contributed by atoms with Crippen LogP contribution >= 0.6 is 0 Å². The normalized spacial score (nSPS) is 17.1. The molecule has 3 heteroatoms. The minimum absolute atomic E-state index is 0.176. The second kappa shape index (κ2) is 8.96. The molecule has 0 unspecified atom stereocenters. The maximum absolute atomic E-state index is 13.0. The highest BCUT2D eigenvalue weighted by atomic mass is 19.1. The van der Waals surface area contributed by atoms with Gasteiger partial charge in [-0.2, -0.15) is 0 Å². The molecule has 0 bridgehead atoms. The van der Waals surface area contributed by atoms with Gasteiger partial charge in [0.05, 0.1) is 6.61 Å². The highest BCUT2D eigenvalue weighted by Gasteiger charge is 2.17. The molecule has 2 rings (SSSR count).